The van der Waals surface area contributed by atoms with E-state index in [4.69, 9.17) is 14.5 Å². The van der Waals surface area contributed by atoms with E-state index in [1.54, 1.807) is 12.0 Å². The van der Waals surface area contributed by atoms with Crippen molar-refractivity contribution >= 4 is 17.6 Å². The Hall–Kier alpha value is -2.70. The summed E-state index contributed by atoms with van der Waals surface area (Å²) in [6.45, 7) is 9.23. The molecule has 0 aliphatic carbocycles. The molecular weight excluding hydrogens is 398 g/mol. The number of nitrogens with one attached hydrogen (secondary N) is 1. The molecule has 0 atom stereocenters. The number of hydrogen-bond donors (Lipinski definition) is 1. The van der Waals surface area contributed by atoms with Crippen LogP contribution in [0.4, 0.5) is 5.82 Å². The lowest BCUT2D eigenvalue weighted by Crippen LogP contribution is -2.53. The van der Waals surface area contributed by atoms with Crippen LogP contribution in [0.3, 0.4) is 0 Å². The molecule has 9 heteroatoms. The fraction of sp³-hybridized carbons (Fsp3) is 0.636. The zero-order valence-corrected chi connectivity index (χ0v) is 18.8. The van der Waals surface area contributed by atoms with E-state index in [0.717, 1.165) is 16.8 Å². The van der Waals surface area contributed by atoms with Crippen molar-refractivity contribution in [2.75, 3.05) is 51.3 Å². The van der Waals surface area contributed by atoms with Crippen LogP contribution in [0.25, 0.3) is 0 Å². The van der Waals surface area contributed by atoms with Crippen LogP contribution in [0.5, 0.6) is 0 Å². The van der Waals surface area contributed by atoms with Gasteiger partial charge in [0.2, 0.25) is 0 Å². The van der Waals surface area contributed by atoms with Gasteiger partial charge in [-0.15, -0.1) is 0 Å². The van der Waals surface area contributed by atoms with Gasteiger partial charge in [-0.2, -0.15) is 5.26 Å². The summed E-state index contributed by atoms with van der Waals surface area (Å²) in [5.41, 5.74) is 3.14. The first-order chi connectivity index (χ1) is 14.8. The molecule has 9 nitrogen and oxygen atoms in total. The van der Waals surface area contributed by atoms with Crippen molar-refractivity contribution in [3.63, 3.8) is 0 Å². The maximum Gasteiger partial charge on any atom is 0.312 e. The van der Waals surface area contributed by atoms with Crippen molar-refractivity contribution in [2.45, 2.75) is 45.8 Å². The molecule has 3 rings (SSSR count). The molecule has 3 heterocycles. The number of nitrogens with zero attached hydrogens (tertiary/aromatic N) is 4. The monoisotopic (exact) mass is 429 g/mol. The lowest BCUT2D eigenvalue weighted by atomic mass is 9.88. The first kappa shape index (κ1) is 23.0. The molecule has 2 aliphatic heterocycles. The SMILES string of the molecule is COCCCNC(=O)C(=O)N1CCN(c2nc(C)c3c(c2C#N)CC(C)(C)OC3)CC1. The highest BCUT2D eigenvalue weighted by Crippen LogP contribution is 2.35. The second-order valence-corrected chi connectivity index (χ2v) is 8.57. The Morgan fingerprint density at radius 2 is 1.97 bits per heavy atom. The van der Waals surface area contributed by atoms with Crippen molar-refractivity contribution < 1.29 is 19.1 Å². The number of aryl methyl sites for hydroxylation is 1. The van der Waals surface area contributed by atoms with Crippen LogP contribution in [0.1, 0.15) is 42.7 Å². The average Bonchev–Trinajstić information content (AvgIpc) is 2.75. The summed E-state index contributed by atoms with van der Waals surface area (Å²) >= 11 is 0. The number of amides is 2. The van der Waals surface area contributed by atoms with Crippen LogP contribution in [0.2, 0.25) is 0 Å². The summed E-state index contributed by atoms with van der Waals surface area (Å²) in [5.74, 6) is -0.453. The van der Waals surface area contributed by atoms with Gasteiger partial charge in [0.1, 0.15) is 11.9 Å². The van der Waals surface area contributed by atoms with Crippen LogP contribution in [0.15, 0.2) is 0 Å². The number of ether oxygens (including phenoxy) is 2. The fourth-order valence-corrected chi connectivity index (χ4v) is 4.02. The largest absolute Gasteiger partial charge is 0.385 e. The second kappa shape index (κ2) is 9.62. The summed E-state index contributed by atoms with van der Waals surface area (Å²) in [4.78, 5) is 32.8. The molecule has 0 radical (unpaired) electrons. The lowest BCUT2D eigenvalue weighted by Gasteiger charge is -2.37. The van der Waals surface area contributed by atoms with Crippen molar-refractivity contribution in [3.8, 4) is 6.07 Å². The van der Waals surface area contributed by atoms with Crippen LogP contribution >= 0.6 is 0 Å². The standard InChI is InChI=1S/C22H31N5O4/c1-15-18-14-31-22(2,3)12-16(18)17(13-23)19(25-15)26-7-9-27(10-8-26)21(29)20(28)24-6-5-11-30-4/h5-12,14H2,1-4H3,(H,24,28). The third-order valence-electron chi connectivity index (χ3n) is 5.79. The smallest absolute Gasteiger partial charge is 0.312 e. The predicted octanol–water partition coefficient (Wildman–Crippen LogP) is 0.914. The van der Waals surface area contributed by atoms with E-state index in [-0.39, 0.29) is 5.60 Å². The van der Waals surface area contributed by atoms with Crippen LogP contribution < -0.4 is 10.2 Å². The topological polar surface area (TPSA) is 108 Å². The van der Waals surface area contributed by atoms with Crippen molar-refractivity contribution in [1.82, 2.24) is 15.2 Å². The van der Waals surface area contributed by atoms with Crippen LogP contribution in [-0.2, 0) is 32.1 Å². The third kappa shape index (κ3) is 5.14. The predicted molar refractivity (Wildman–Crippen MR) is 115 cm³/mol. The van der Waals surface area contributed by atoms with E-state index in [1.807, 2.05) is 25.7 Å². The number of carbonyl (C=O) groups excluding carboxylic acids is 2. The Labute approximate surface area is 183 Å². The maximum absolute atomic E-state index is 12.4. The van der Waals surface area contributed by atoms with Gasteiger partial charge in [-0.3, -0.25) is 9.59 Å². The Balaban J connectivity index is 1.69. The molecule has 1 fully saturated rings. The molecule has 0 saturated carbocycles. The van der Waals surface area contributed by atoms with Crippen molar-refractivity contribution in [2.24, 2.45) is 0 Å². The molecule has 1 aromatic rings. The first-order valence-electron chi connectivity index (χ1n) is 10.6. The third-order valence-corrected chi connectivity index (χ3v) is 5.79. The minimum atomic E-state index is -0.591. The van der Waals surface area contributed by atoms with Crippen molar-refractivity contribution in [1.29, 1.82) is 5.26 Å². The number of carbonyl (C=O) groups is 2. The second-order valence-electron chi connectivity index (χ2n) is 8.57. The van der Waals surface area contributed by atoms with Gasteiger partial charge in [-0.25, -0.2) is 4.98 Å². The lowest BCUT2D eigenvalue weighted by molar-refractivity contribution is -0.146. The average molecular weight is 430 g/mol. The Kier molecular flexibility index (Phi) is 7.13. The number of piperazine rings is 1. The van der Waals surface area contributed by atoms with E-state index < -0.39 is 11.8 Å². The molecule has 2 amide bonds. The summed E-state index contributed by atoms with van der Waals surface area (Å²) in [5, 5.41) is 12.5. The molecule has 31 heavy (non-hydrogen) atoms. The normalized spacial score (nSPS) is 17.6. The minimum absolute atomic E-state index is 0.328. The van der Waals surface area contributed by atoms with E-state index in [9.17, 15) is 14.9 Å². The molecule has 1 aromatic heterocycles. The Morgan fingerprint density at radius 1 is 1.26 bits per heavy atom. The zero-order chi connectivity index (χ0) is 22.6. The van der Waals surface area contributed by atoms with Gasteiger partial charge in [0.15, 0.2) is 0 Å². The number of hydrogen-bond acceptors (Lipinski definition) is 7. The highest BCUT2D eigenvalue weighted by Gasteiger charge is 2.33. The van der Waals surface area contributed by atoms with Gasteiger partial charge in [-0.1, -0.05) is 0 Å². The number of fused-ring (bicyclic) bond motifs is 1. The van der Waals surface area contributed by atoms with Crippen LogP contribution in [-0.4, -0.2) is 73.7 Å². The van der Waals surface area contributed by atoms with E-state index in [2.05, 4.69) is 11.4 Å². The number of nitriles is 1. The molecule has 1 N–H and O–H groups in total. The molecule has 0 bridgehead atoms. The summed E-state index contributed by atoms with van der Waals surface area (Å²) < 4.78 is 10.8. The number of aromatic nitrogens is 1. The van der Waals surface area contributed by atoms with Gasteiger partial charge < -0.3 is 24.6 Å². The highest BCUT2D eigenvalue weighted by molar-refractivity contribution is 6.35. The van der Waals surface area contributed by atoms with Crippen LogP contribution in [0, 0.1) is 18.3 Å². The zero-order valence-electron chi connectivity index (χ0n) is 18.8. The number of pyridine rings is 1. The van der Waals surface area contributed by atoms with E-state index >= 15 is 0 Å². The van der Waals surface area contributed by atoms with Gasteiger partial charge >= 0.3 is 11.8 Å². The van der Waals surface area contributed by atoms with Gasteiger partial charge in [0, 0.05) is 64.1 Å². The number of methoxy groups -OCH3 is 1. The summed E-state index contributed by atoms with van der Waals surface area (Å²) in [6, 6.07) is 2.36. The quantitative estimate of drug-likeness (QED) is 0.548. The molecule has 0 unspecified atom stereocenters. The van der Waals surface area contributed by atoms with E-state index in [0.29, 0.717) is 70.2 Å². The molecular formula is C22H31N5O4. The van der Waals surface area contributed by atoms with Gasteiger partial charge in [-0.05, 0) is 32.8 Å². The first-order valence-corrected chi connectivity index (χ1v) is 10.6. The molecule has 2 aliphatic rings. The highest BCUT2D eigenvalue weighted by atomic mass is 16.5. The molecule has 1 saturated heterocycles. The number of rotatable bonds is 5. The summed E-state index contributed by atoms with van der Waals surface area (Å²) in [7, 11) is 1.59. The number of anilines is 1. The minimum Gasteiger partial charge on any atom is -0.385 e. The summed E-state index contributed by atoms with van der Waals surface area (Å²) in [6.07, 6.45) is 1.31. The van der Waals surface area contributed by atoms with Crippen molar-refractivity contribution in [3.05, 3.63) is 22.4 Å². The Morgan fingerprint density at radius 3 is 2.61 bits per heavy atom. The molecule has 0 spiro atoms. The molecule has 168 valence electrons. The Bertz CT molecular complexity index is 885. The van der Waals surface area contributed by atoms with Gasteiger partial charge in [0.25, 0.3) is 0 Å². The maximum atomic E-state index is 12.4. The van der Waals surface area contributed by atoms with E-state index in [1.165, 1.54) is 0 Å². The van der Waals surface area contributed by atoms with Gasteiger partial charge in [0.05, 0.1) is 17.8 Å². The fourth-order valence-electron chi connectivity index (χ4n) is 4.02. The molecule has 0 aromatic carbocycles.